The van der Waals surface area contributed by atoms with Crippen molar-refractivity contribution in [2.75, 3.05) is 13.2 Å². The Morgan fingerprint density at radius 1 is 0.712 bits per heavy atom. The molecule has 59 heavy (non-hydrogen) atoms. The van der Waals surface area contributed by atoms with Gasteiger partial charge in [0.25, 0.3) is 0 Å². The van der Waals surface area contributed by atoms with Gasteiger partial charge in [-0.3, -0.25) is 9.59 Å². The number of carbonyl (C=O) groups excluding carboxylic acids is 4. The fraction of sp³-hybridized carbons (Fsp3) is 0.731. The molecule has 7 nitrogen and oxygen atoms in total. The maximum absolute atomic E-state index is 12.1. The quantitative estimate of drug-likeness (QED) is 0.137. The Labute approximate surface area is 354 Å². The lowest BCUT2D eigenvalue weighted by Crippen LogP contribution is -2.53. The number of ether oxygens (including phenoxy) is 3. The maximum Gasteiger partial charge on any atom is 0.330 e. The van der Waals surface area contributed by atoms with Crippen LogP contribution < -0.4 is 0 Å². The number of epoxide rings is 1. The summed E-state index contributed by atoms with van der Waals surface area (Å²) in [5.41, 5.74) is 3.53. The van der Waals surface area contributed by atoms with E-state index in [2.05, 4.69) is 65.8 Å². The van der Waals surface area contributed by atoms with Gasteiger partial charge in [0.05, 0.1) is 19.3 Å². The third kappa shape index (κ3) is 7.23. The summed E-state index contributed by atoms with van der Waals surface area (Å²) in [6.07, 6.45) is 29.9. The van der Waals surface area contributed by atoms with Crippen LogP contribution in [-0.2, 0) is 33.4 Å². The van der Waals surface area contributed by atoms with Crippen molar-refractivity contribution in [3.63, 3.8) is 0 Å². The molecule has 322 valence electrons. The highest BCUT2D eigenvalue weighted by molar-refractivity contribution is 5.92. The smallest absolute Gasteiger partial charge is 0.330 e. The van der Waals surface area contributed by atoms with Crippen LogP contribution in [0.4, 0.5) is 0 Å². The first-order valence-corrected chi connectivity index (χ1v) is 23.6. The Balaban J connectivity index is 0.000000164. The van der Waals surface area contributed by atoms with Gasteiger partial charge in [0.15, 0.2) is 11.6 Å². The van der Waals surface area contributed by atoms with Crippen molar-refractivity contribution in [1.29, 1.82) is 0 Å². The Hall–Kier alpha value is -3.06. The van der Waals surface area contributed by atoms with E-state index in [1.54, 1.807) is 12.2 Å². The first-order valence-electron chi connectivity index (χ1n) is 23.6. The van der Waals surface area contributed by atoms with Gasteiger partial charge in [-0.25, -0.2) is 9.59 Å². The summed E-state index contributed by atoms with van der Waals surface area (Å²) in [4.78, 5) is 47.6. The fourth-order valence-corrected chi connectivity index (χ4v) is 15.7. The van der Waals surface area contributed by atoms with Gasteiger partial charge in [-0.05, 0) is 182 Å². The van der Waals surface area contributed by atoms with Crippen molar-refractivity contribution >= 4 is 23.5 Å². The van der Waals surface area contributed by atoms with E-state index in [1.165, 1.54) is 62.5 Å². The Morgan fingerprint density at radius 2 is 1.25 bits per heavy atom. The third-order valence-corrected chi connectivity index (χ3v) is 18.8. The van der Waals surface area contributed by atoms with Crippen molar-refractivity contribution in [3.8, 4) is 0 Å². The van der Waals surface area contributed by atoms with Crippen molar-refractivity contribution < 1.29 is 33.4 Å². The van der Waals surface area contributed by atoms with Crippen LogP contribution in [0.3, 0.4) is 0 Å². The molecule has 9 aliphatic rings. The number of fused-ring (bicyclic) bond motifs is 13. The van der Waals surface area contributed by atoms with Crippen LogP contribution in [-0.4, -0.2) is 48.9 Å². The largest absolute Gasteiger partial charge is 0.463 e. The van der Waals surface area contributed by atoms with Crippen LogP contribution in [0.5, 0.6) is 0 Å². The van der Waals surface area contributed by atoms with Crippen LogP contribution in [0.2, 0.25) is 0 Å². The molecule has 0 aromatic carbocycles. The first kappa shape index (κ1) is 42.6. The second-order valence-electron chi connectivity index (χ2n) is 21.3. The molecule has 6 fully saturated rings. The second kappa shape index (κ2) is 16.0. The molecular weight excluding hydrogens is 737 g/mol. The van der Waals surface area contributed by atoms with Crippen molar-refractivity contribution in [2.24, 2.45) is 80.8 Å². The summed E-state index contributed by atoms with van der Waals surface area (Å²) in [7, 11) is 0. The minimum atomic E-state index is -0.228. The van der Waals surface area contributed by atoms with Gasteiger partial charge in [0.2, 0.25) is 0 Å². The molecular formula is C52H72O7. The lowest BCUT2D eigenvalue weighted by atomic mass is 9.46. The van der Waals surface area contributed by atoms with Crippen molar-refractivity contribution in [3.05, 3.63) is 59.8 Å². The summed E-state index contributed by atoms with van der Waals surface area (Å²) in [5, 5.41) is 0. The molecule has 1 aliphatic heterocycles. The van der Waals surface area contributed by atoms with Gasteiger partial charge in [0.1, 0.15) is 6.10 Å². The SMILES string of the molecule is CCOC(=O)/C=C/[C@@H](C)C1CCC2C3C(CC[C@@]21C)[C@@]1(C)CCC(=O)C=C1[C@H]1O[C@@H]31.CCOC(=O)/C=C/[C@@H](C)C1CCC2C3C=CC4=CC(=O)CC[C@]4(C)C3CC[C@@]21C. The van der Waals surface area contributed by atoms with E-state index in [9.17, 15) is 19.2 Å². The third-order valence-electron chi connectivity index (χ3n) is 18.8. The number of hydrogen-bond donors (Lipinski definition) is 0. The van der Waals surface area contributed by atoms with Crippen molar-refractivity contribution in [1.82, 2.24) is 0 Å². The number of hydrogen-bond acceptors (Lipinski definition) is 7. The maximum atomic E-state index is 12.1. The number of allylic oxidation sites excluding steroid dienone is 6. The molecule has 0 spiro atoms. The molecule has 0 aromatic heterocycles. The number of esters is 2. The van der Waals surface area contributed by atoms with E-state index >= 15 is 0 Å². The summed E-state index contributed by atoms with van der Waals surface area (Å²) in [5.74, 6) is 6.05. The molecule has 7 heteroatoms. The van der Waals surface area contributed by atoms with Crippen LogP contribution in [0.1, 0.15) is 132 Å². The summed E-state index contributed by atoms with van der Waals surface area (Å²) >= 11 is 0. The monoisotopic (exact) mass is 809 g/mol. The first-order chi connectivity index (χ1) is 28.1. The van der Waals surface area contributed by atoms with E-state index in [-0.39, 0.29) is 28.9 Å². The van der Waals surface area contributed by atoms with E-state index in [1.807, 2.05) is 26.0 Å². The average Bonchev–Trinajstić information content (AvgIpc) is 3.80. The van der Waals surface area contributed by atoms with E-state index in [0.29, 0.717) is 114 Å². The molecule has 0 aromatic rings. The molecule has 0 bridgehead atoms. The average molecular weight is 809 g/mol. The van der Waals surface area contributed by atoms with Crippen LogP contribution in [0, 0.1) is 80.8 Å². The molecule has 5 saturated carbocycles. The minimum absolute atomic E-state index is 0.144. The van der Waals surface area contributed by atoms with Gasteiger partial charge in [-0.2, -0.15) is 0 Å². The molecule has 16 atom stereocenters. The zero-order valence-electron chi connectivity index (χ0n) is 37.3. The highest BCUT2D eigenvalue weighted by Crippen LogP contribution is 2.71. The summed E-state index contributed by atoms with van der Waals surface area (Å²) in [6.45, 7) is 18.9. The van der Waals surface area contributed by atoms with E-state index < -0.39 is 0 Å². The number of carbonyl (C=O) groups is 4. The van der Waals surface area contributed by atoms with Gasteiger partial charge in [-0.1, -0.05) is 65.8 Å². The lowest BCUT2D eigenvalue weighted by Gasteiger charge is -2.57. The standard InChI is InChI=1S/C26H36O4.C26H36O3/c1-5-29-21(28)9-6-15(2)17-7-8-18-22-19(11-13-25(17,18)3)26(4)12-10-16(27)14-20(26)23-24(22)30-23;1-5-29-24(28)11-6-17(2)21-9-10-22-20-8-7-18-16-19(27)12-14-25(18,3)23(20)13-15-26(21,22)4/h6,9,14-15,17-19,22-24H,5,7-8,10-13H2,1-4H3;6-8,11,16-17,20-23H,5,9-10,12-15H2,1-4H3/b9-6+;11-6+/t15-,17?,18?,19?,22?,23-,24+,25-,26-;17-,20?,21?,22?,23?,25+,26-/m11/s1. The highest BCUT2D eigenvalue weighted by Gasteiger charge is 2.69. The Bertz CT molecular complexity index is 1850. The zero-order valence-corrected chi connectivity index (χ0v) is 37.3. The number of ketones is 2. The summed E-state index contributed by atoms with van der Waals surface area (Å²) < 4.78 is 16.4. The Kier molecular flexibility index (Phi) is 11.6. The summed E-state index contributed by atoms with van der Waals surface area (Å²) in [6, 6.07) is 0. The van der Waals surface area contributed by atoms with Gasteiger partial charge < -0.3 is 14.2 Å². The zero-order chi connectivity index (χ0) is 42.1. The van der Waals surface area contributed by atoms with Gasteiger partial charge in [0, 0.05) is 25.0 Å². The van der Waals surface area contributed by atoms with Crippen LogP contribution in [0.25, 0.3) is 0 Å². The molecule has 0 radical (unpaired) electrons. The fourth-order valence-electron chi connectivity index (χ4n) is 15.7. The molecule has 8 unspecified atom stereocenters. The topological polar surface area (TPSA) is 99.3 Å². The van der Waals surface area contributed by atoms with Gasteiger partial charge in [-0.15, -0.1) is 0 Å². The highest BCUT2D eigenvalue weighted by atomic mass is 16.6. The predicted molar refractivity (Wildman–Crippen MR) is 230 cm³/mol. The van der Waals surface area contributed by atoms with Crippen molar-refractivity contribution in [2.45, 2.75) is 145 Å². The minimum Gasteiger partial charge on any atom is -0.463 e. The molecule has 1 heterocycles. The Morgan fingerprint density at radius 3 is 1.86 bits per heavy atom. The molecule has 1 saturated heterocycles. The van der Waals surface area contributed by atoms with Gasteiger partial charge >= 0.3 is 11.9 Å². The second-order valence-corrected chi connectivity index (χ2v) is 21.3. The van der Waals surface area contributed by atoms with Crippen LogP contribution >= 0.6 is 0 Å². The molecule has 0 amide bonds. The molecule has 8 aliphatic carbocycles. The molecule has 0 N–H and O–H groups in total. The normalized spacial score (nSPS) is 44.9. The van der Waals surface area contributed by atoms with E-state index in [0.717, 1.165) is 12.8 Å². The lowest BCUT2D eigenvalue weighted by molar-refractivity contribution is -0.138. The molecule has 9 rings (SSSR count). The predicted octanol–water partition coefficient (Wildman–Crippen LogP) is 10.5. The number of rotatable bonds is 8. The van der Waals surface area contributed by atoms with Crippen LogP contribution in [0.15, 0.2) is 59.8 Å². The van der Waals surface area contributed by atoms with E-state index in [4.69, 9.17) is 14.2 Å².